The highest BCUT2D eigenvalue weighted by atomic mass is 32.2. The molecule has 80 valence electrons. The maximum atomic E-state index is 10.6. The van der Waals surface area contributed by atoms with E-state index in [4.69, 9.17) is 4.74 Å². The van der Waals surface area contributed by atoms with E-state index in [2.05, 4.69) is 4.72 Å². The minimum atomic E-state index is -3.05. The van der Waals surface area contributed by atoms with Crippen LogP contribution in [0.1, 0.15) is 27.2 Å². The molecule has 0 unspecified atom stereocenters. The van der Waals surface area contributed by atoms with E-state index in [0.29, 0.717) is 19.6 Å². The van der Waals surface area contributed by atoms with Crippen molar-refractivity contribution < 1.29 is 13.2 Å². The quantitative estimate of drug-likeness (QED) is 0.679. The van der Waals surface area contributed by atoms with Gasteiger partial charge in [-0.15, -0.1) is 0 Å². The second-order valence-electron chi connectivity index (χ2n) is 3.98. The molecule has 0 spiro atoms. The van der Waals surface area contributed by atoms with E-state index in [1.165, 1.54) is 0 Å². The highest BCUT2D eigenvalue weighted by Gasteiger charge is 2.09. The molecule has 0 aromatic rings. The fraction of sp³-hybridized carbons (Fsp3) is 1.00. The van der Waals surface area contributed by atoms with Crippen molar-refractivity contribution in [3.63, 3.8) is 0 Å². The topological polar surface area (TPSA) is 55.4 Å². The second-order valence-corrected chi connectivity index (χ2v) is 5.81. The van der Waals surface area contributed by atoms with Crippen molar-refractivity contribution in [2.75, 3.05) is 19.4 Å². The van der Waals surface area contributed by atoms with Gasteiger partial charge in [0, 0.05) is 13.2 Å². The molecule has 0 aliphatic heterocycles. The first-order valence-electron chi connectivity index (χ1n) is 4.29. The van der Waals surface area contributed by atoms with Gasteiger partial charge < -0.3 is 4.74 Å². The van der Waals surface area contributed by atoms with Gasteiger partial charge in [0.05, 0.1) is 11.9 Å². The Morgan fingerprint density at radius 2 is 1.85 bits per heavy atom. The molecule has 0 radical (unpaired) electrons. The lowest BCUT2D eigenvalue weighted by atomic mass is 10.2. The summed E-state index contributed by atoms with van der Waals surface area (Å²) in [5, 5.41) is 0. The van der Waals surface area contributed by atoms with Gasteiger partial charge in [0.1, 0.15) is 0 Å². The summed E-state index contributed by atoms with van der Waals surface area (Å²) in [4.78, 5) is 0. The van der Waals surface area contributed by atoms with Crippen LogP contribution in [-0.2, 0) is 14.8 Å². The molecule has 0 aromatic carbocycles. The predicted molar refractivity (Wildman–Crippen MR) is 53.2 cm³/mol. The number of hydrogen-bond donors (Lipinski definition) is 1. The molecule has 0 aliphatic carbocycles. The summed E-state index contributed by atoms with van der Waals surface area (Å²) in [6.07, 6.45) is 1.85. The number of nitrogens with one attached hydrogen (secondary N) is 1. The number of sulfonamides is 1. The Morgan fingerprint density at radius 1 is 1.31 bits per heavy atom. The van der Waals surface area contributed by atoms with E-state index in [1.54, 1.807) is 0 Å². The summed E-state index contributed by atoms with van der Waals surface area (Å²) >= 11 is 0. The van der Waals surface area contributed by atoms with Crippen LogP contribution in [-0.4, -0.2) is 33.4 Å². The van der Waals surface area contributed by atoms with E-state index >= 15 is 0 Å². The summed E-state index contributed by atoms with van der Waals surface area (Å²) in [7, 11) is -3.05. The summed E-state index contributed by atoms with van der Waals surface area (Å²) in [6, 6.07) is 0. The number of hydrogen-bond acceptors (Lipinski definition) is 3. The third kappa shape index (κ3) is 11.9. The molecule has 0 saturated heterocycles. The fourth-order valence-electron chi connectivity index (χ4n) is 0.708. The highest BCUT2D eigenvalue weighted by Crippen LogP contribution is 2.06. The average Bonchev–Trinajstić information content (AvgIpc) is 1.81. The summed E-state index contributed by atoms with van der Waals surface area (Å²) < 4.78 is 29.1. The molecule has 0 aliphatic rings. The fourth-order valence-corrected chi connectivity index (χ4v) is 1.22. The van der Waals surface area contributed by atoms with Crippen molar-refractivity contribution in [1.82, 2.24) is 4.72 Å². The molecule has 0 amide bonds. The largest absolute Gasteiger partial charge is 0.376 e. The van der Waals surface area contributed by atoms with Crippen LogP contribution in [0.25, 0.3) is 0 Å². The smallest absolute Gasteiger partial charge is 0.208 e. The summed E-state index contributed by atoms with van der Waals surface area (Å²) in [5.41, 5.74) is -0.148. The molecule has 4 nitrogen and oxygen atoms in total. The zero-order valence-electron chi connectivity index (χ0n) is 8.75. The van der Waals surface area contributed by atoms with Gasteiger partial charge in [0.2, 0.25) is 10.0 Å². The van der Waals surface area contributed by atoms with Crippen LogP contribution >= 0.6 is 0 Å². The highest BCUT2D eigenvalue weighted by molar-refractivity contribution is 7.88. The van der Waals surface area contributed by atoms with Crippen molar-refractivity contribution in [1.29, 1.82) is 0 Å². The Hall–Kier alpha value is -0.130. The molecule has 0 rings (SSSR count). The first-order valence-corrected chi connectivity index (χ1v) is 6.18. The van der Waals surface area contributed by atoms with Crippen LogP contribution in [0.4, 0.5) is 0 Å². The Kier molecular flexibility index (Phi) is 4.88. The lowest BCUT2D eigenvalue weighted by Gasteiger charge is -2.19. The monoisotopic (exact) mass is 209 g/mol. The van der Waals surface area contributed by atoms with Crippen LogP contribution in [0.15, 0.2) is 0 Å². The van der Waals surface area contributed by atoms with E-state index in [-0.39, 0.29) is 5.60 Å². The molecule has 13 heavy (non-hydrogen) atoms. The molecule has 1 N–H and O–H groups in total. The molecular formula is C8H19NO3S. The molecule has 0 saturated carbocycles. The van der Waals surface area contributed by atoms with Gasteiger partial charge >= 0.3 is 0 Å². The van der Waals surface area contributed by atoms with Crippen LogP contribution < -0.4 is 4.72 Å². The molecular weight excluding hydrogens is 190 g/mol. The first kappa shape index (κ1) is 12.9. The maximum absolute atomic E-state index is 10.6. The standard InChI is InChI=1S/C8H19NO3S/c1-8(2,3)12-7-5-6-9-13(4,10)11/h9H,5-7H2,1-4H3. The lowest BCUT2D eigenvalue weighted by molar-refractivity contribution is -0.00336. The van der Waals surface area contributed by atoms with E-state index in [0.717, 1.165) is 6.26 Å². The number of ether oxygens (including phenoxy) is 1. The van der Waals surface area contributed by atoms with Crippen molar-refractivity contribution in [3.8, 4) is 0 Å². The first-order chi connectivity index (χ1) is 5.71. The average molecular weight is 209 g/mol. The minimum absolute atomic E-state index is 0.148. The zero-order chi connectivity index (χ0) is 10.5. The van der Waals surface area contributed by atoms with Crippen molar-refractivity contribution in [2.24, 2.45) is 0 Å². The SMILES string of the molecule is CC(C)(C)OCCCNS(C)(=O)=O. The second kappa shape index (κ2) is 4.93. The van der Waals surface area contributed by atoms with Crippen LogP contribution in [0.2, 0.25) is 0 Å². The van der Waals surface area contributed by atoms with Crippen molar-refractivity contribution in [2.45, 2.75) is 32.8 Å². The maximum Gasteiger partial charge on any atom is 0.208 e. The predicted octanol–water partition coefficient (Wildman–Crippen LogP) is 0.741. The Labute approximate surface area is 80.7 Å². The molecule has 0 bridgehead atoms. The van der Waals surface area contributed by atoms with E-state index < -0.39 is 10.0 Å². The molecule has 5 heteroatoms. The zero-order valence-corrected chi connectivity index (χ0v) is 9.57. The van der Waals surface area contributed by atoms with Crippen LogP contribution in [0.3, 0.4) is 0 Å². The van der Waals surface area contributed by atoms with Gasteiger partial charge in [0.15, 0.2) is 0 Å². The van der Waals surface area contributed by atoms with Crippen molar-refractivity contribution >= 4 is 10.0 Å². The molecule has 0 aromatic heterocycles. The van der Waals surface area contributed by atoms with Crippen molar-refractivity contribution in [3.05, 3.63) is 0 Å². The molecule has 0 fully saturated rings. The van der Waals surface area contributed by atoms with Gasteiger partial charge in [-0.1, -0.05) is 0 Å². The molecule has 0 atom stereocenters. The van der Waals surface area contributed by atoms with E-state index in [1.807, 2.05) is 20.8 Å². The Bertz CT molecular complexity index is 228. The lowest BCUT2D eigenvalue weighted by Crippen LogP contribution is -2.26. The molecule has 0 heterocycles. The minimum Gasteiger partial charge on any atom is -0.376 e. The van der Waals surface area contributed by atoms with Gasteiger partial charge in [0.25, 0.3) is 0 Å². The third-order valence-electron chi connectivity index (χ3n) is 1.22. The van der Waals surface area contributed by atoms with Gasteiger partial charge in [-0.3, -0.25) is 0 Å². The summed E-state index contributed by atoms with van der Waals surface area (Å²) in [6.45, 7) is 6.92. The van der Waals surface area contributed by atoms with E-state index in [9.17, 15) is 8.42 Å². The Balaban J connectivity index is 3.39. The van der Waals surface area contributed by atoms with Gasteiger partial charge in [-0.25, -0.2) is 13.1 Å². The van der Waals surface area contributed by atoms with Crippen LogP contribution in [0, 0.1) is 0 Å². The number of rotatable bonds is 5. The normalized spacial score (nSPS) is 13.2. The third-order valence-corrected chi connectivity index (χ3v) is 1.95. The van der Waals surface area contributed by atoms with Gasteiger partial charge in [-0.2, -0.15) is 0 Å². The van der Waals surface area contributed by atoms with Gasteiger partial charge in [-0.05, 0) is 27.2 Å². The summed E-state index contributed by atoms with van der Waals surface area (Å²) in [5.74, 6) is 0. The Morgan fingerprint density at radius 3 is 2.23 bits per heavy atom. The van der Waals surface area contributed by atoms with Crippen LogP contribution in [0.5, 0.6) is 0 Å².